The van der Waals surface area contributed by atoms with E-state index in [2.05, 4.69) is 4.98 Å². The molecule has 2 N–H and O–H groups in total. The molecule has 1 aliphatic carbocycles. The van der Waals surface area contributed by atoms with Gasteiger partial charge in [-0.3, -0.25) is 4.98 Å². The minimum atomic E-state index is 0.0962. The highest BCUT2D eigenvalue weighted by molar-refractivity contribution is 5.38. The lowest BCUT2D eigenvalue weighted by atomic mass is 9.92. The first-order valence-corrected chi connectivity index (χ1v) is 4.60. The Morgan fingerprint density at radius 1 is 1.62 bits per heavy atom. The van der Waals surface area contributed by atoms with Gasteiger partial charge in [0.25, 0.3) is 0 Å². The maximum Gasteiger partial charge on any atom is 0.125 e. The van der Waals surface area contributed by atoms with Gasteiger partial charge >= 0.3 is 0 Å². The van der Waals surface area contributed by atoms with E-state index in [1.807, 2.05) is 6.07 Å². The van der Waals surface area contributed by atoms with Crippen LogP contribution in [-0.4, -0.2) is 12.1 Å². The van der Waals surface area contributed by atoms with Crippen LogP contribution in [0.2, 0.25) is 0 Å². The number of fused-ring (bicyclic) bond motifs is 1. The van der Waals surface area contributed by atoms with Gasteiger partial charge in [0.1, 0.15) is 5.75 Å². The Morgan fingerprint density at radius 3 is 3.23 bits per heavy atom. The minimum Gasteiger partial charge on any atom is -0.496 e. The molecule has 70 valence electrons. The van der Waals surface area contributed by atoms with Crippen molar-refractivity contribution in [2.75, 3.05) is 7.11 Å². The van der Waals surface area contributed by atoms with Crippen molar-refractivity contribution < 1.29 is 4.74 Å². The summed E-state index contributed by atoms with van der Waals surface area (Å²) in [5.41, 5.74) is 8.17. The van der Waals surface area contributed by atoms with Crippen molar-refractivity contribution in [1.29, 1.82) is 0 Å². The average molecular weight is 178 g/mol. The van der Waals surface area contributed by atoms with Crippen LogP contribution >= 0.6 is 0 Å². The maximum atomic E-state index is 5.95. The van der Waals surface area contributed by atoms with Gasteiger partial charge in [0.05, 0.1) is 12.8 Å². The van der Waals surface area contributed by atoms with E-state index in [9.17, 15) is 0 Å². The normalized spacial score (nSPS) is 20.9. The van der Waals surface area contributed by atoms with E-state index >= 15 is 0 Å². The summed E-state index contributed by atoms with van der Waals surface area (Å²) in [6, 6.07) is 2.00. The second-order valence-corrected chi connectivity index (χ2v) is 3.38. The molecule has 1 aromatic heterocycles. The predicted octanol–water partition coefficient (Wildman–Crippen LogP) is 1.43. The van der Waals surface area contributed by atoms with Gasteiger partial charge in [-0.1, -0.05) is 0 Å². The topological polar surface area (TPSA) is 48.1 Å². The molecule has 0 amide bonds. The van der Waals surface area contributed by atoms with E-state index in [4.69, 9.17) is 10.5 Å². The quantitative estimate of drug-likeness (QED) is 0.707. The van der Waals surface area contributed by atoms with Gasteiger partial charge in [-0.15, -0.1) is 0 Å². The number of aromatic nitrogens is 1. The Hall–Kier alpha value is -1.09. The number of nitrogens with two attached hydrogens (primary N) is 1. The van der Waals surface area contributed by atoms with Crippen molar-refractivity contribution in [3.63, 3.8) is 0 Å². The molecule has 1 aliphatic rings. The molecule has 3 nitrogen and oxygen atoms in total. The summed E-state index contributed by atoms with van der Waals surface area (Å²) in [6.45, 7) is 0. The van der Waals surface area contributed by atoms with Crippen LogP contribution in [-0.2, 0) is 6.42 Å². The molecule has 0 spiro atoms. The molecule has 0 aromatic carbocycles. The molecule has 0 fully saturated rings. The zero-order valence-corrected chi connectivity index (χ0v) is 7.79. The molecular weight excluding hydrogens is 164 g/mol. The maximum absolute atomic E-state index is 5.95. The Morgan fingerprint density at radius 2 is 2.46 bits per heavy atom. The molecule has 0 unspecified atom stereocenters. The highest BCUT2D eigenvalue weighted by Crippen LogP contribution is 2.31. The fraction of sp³-hybridized carbons (Fsp3) is 0.500. The number of ether oxygens (including phenoxy) is 1. The van der Waals surface area contributed by atoms with Gasteiger partial charge in [-0.25, -0.2) is 0 Å². The summed E-state index contributed by atoms with van der Waals surface area (Å²) in [7, 11) is 1.69. The van der Waals surface area contributed by atoms with E-state index < -0.39 is 0 Å². The van der Waals surface area contributed by atoms with Crippen LogP contribution in [0.15, 0.2) is 12.3 Å². The Labute approximate surface area is 77.9 Å². The second-order valence-electron chi connectivity index (χ2n) is 3.38. The zero-order chi connectivity index (χ0) is 9.26. The Kier molecular flexibility index (Phi) is 2.19. The van der Waals surface area contributed by atoms with E-state index in [1.165, 1.54) is 5.56 Å². The monoisotopic (exact) mass is 178 g/mol. The van der Waals surface area contributed by atoms with Gasteiger partial charge in [0, 0.05) is 17.8 Å². The van der Waals surface area contributed by atoms with Crippen molar-refractivity contribution in [2.24, 2.45) is 5.73 Å². The van der Waals surface area contributed by atoms with Crippen LogP contribution in [0.5, 0.6) is 5.75 Å². The third-order valence-corrected chi connectivity index (χ3v) is 2.56. The van der Waals surface area contributed by atoms with Crippen molar-refractivity contribution in [3.05, 3.63) is 23.5 Å². The van der Waals surface area contributed by atoms with Crippen LogP contribution in [0.3, 0.4) is 0 Å². The number of hydrogen-bond donors (Lipinski definition) is 1. The first-order valence-electron chi connectivity index (χ1n) is 4.60. The lowest BCUT2D eigenvalue weighted by Gasteiger charge is -2.22. The first kappa shape index (κ1) is 8.51. The molecule has 2 rings (SSSR count). The SMILES string of the molecule is COc1ccnc2c1CCC[C@H]2N. The second kappa shape index (κ2) is 3.34. The summed E-state index contributed by atoms with van der Waals surface area (Å²) in [5, 5.41) is 0. The van der Waals surface area contributed by atoms with E-state index in [0.717, 1.165) is 30.7 Å². The number of nitrogens with zero attached hydrogens (tertiary/aromatic N) is 1. The molecule has 0 saturated carbocycles. The highest BCUT2D eigenvalue weighted by Gasteiger charge is 2.20. The third-order valence-electron chi connectivity index (χ3n) is 2.56. The fourth-order valence-electron chi connectivity index (χ4n) is 1.89. The van der Waals surface area contributed by atoms with Crippen molar-refractivity contribution in [2.45, 2.75) is 25.3 Å². The first-order chi connectivity index (χ1) is 6.33. The molecule has 0 saturated heterocycles. The van der Waals surface area contributed by atoms with Gasteiger partial charge in [-0.2, -0.15) is 0 Å². The fourth-order valence-corrected chi connectivity index (χ4v) is 1.89. The summed E-state index contributed by atoms with van der Waals surface area (Å²) in [5.74, 6) is 0.931. The summed E-state index contributed by atoms with van der Waals surface area (Å²) >= 11 is 0. The van der Waals surface area contributed by atoms with Crippen molar-refractivity contribution in [1.82, 2.24) is 4.98 Å². The van der Waals surface area contributed by atoms with Crippen LogP contribution in [0, 0.1) is 0 Å². The van der Waals surface area contributed by atoms with Gasteiger partial charge in [0.2, 0.25) is 0 Å². The largest absolute Gasteiger partial charge is 0.496 e. The minimum absolute atomic E-state index is 0.0962. The number of methoxy groups -OCH3 is 1. The van der Waals surface area contributed by atoms with E-state index in [1.54, 1.807) is 13.3 Å². The standard InChI is InChI=1S/C10H14N2O/c1-13-9-5-6-12-10-7(9)3-2-4-8(10)11/h5-6,8H,2-4,11H2,1H3/t8-/m1/s1. The van der Waals surface area contributed by atoms with Crippen molar-refractivity contribution >= 4 is 0 Å². The summed E-state index contributed by atoms with van der Waals surface area (Å²) in [6.07, 6.45) is 4.98. The van der Waals surface area contributed by atoms with Gasteiger partial charge < -0.3 is 10.5 Å². The van der Waals surface area contributed by atoms with Gasteiger partial charge in [0.15, 0.2) is 0 Å². The smallest absolute Gasteiger partial charge is 0.125 e. The number of hydrogen-bond acceptors (Lipinski definition) is 3. The Bertz CT molecular complexity index is 312. The van der Waals surface area contributed by atoms with E-state index in [0.29, 0.717) is 0 Å². The lowest BCUT2D eigenvalue weighted by Crippen LogP contribution is -2.19. The van der Waals surface area contributed by atoms with Gasteiger partial charge in [-0.05, 0) is 25.3 Å². The molecular formula is C10H14N2O. The third kappa shape index (κ3) is 1.40. The van der Waals surface area contributed by atoms with Crippen molar-refractivity contribution in [3.8, 4) is 5.75 Å². The molecule has 0 radical (unpaired) electrons. The number of rotatable bonds is 1. The lowest BCUT2D eigenvalue weighted by molar-refractivity contribution is 0.401. The summed E-state index contributed by atoms with van der Waals surface area (Å²) in [4.78, 5) is 4.30. The zero-order valence-electron chi connectivity index (χ0n) is 7.79. The number of pyridine rings is 1. The molecule has 1 atom stereocenters. The molecule has 1 aromatic rings. The van der Waals surface area contributed by atoms with E-state index in [-0.39, 0.29) is 6.04 Å². The predicted molar refractivity (Wildman–Crippen MR) is 50.7 cm³/mol. The highest BCUT2D eigenvalue weighted by atomic mass is 16.5. The molecule has 1 heterocycles. The van der Waals surface area contributed by atoms with Crippen LogP contribution < -0.4 is 10.5 Å². The average Bonchev–Trinajstić information content (AvgIpc) is 2.18. The Balaban J connectivity index is 2.48. The molecule has 13 heavy (non-hydrogen) atoms. The summed E-state index contributed by atoms with van der Waals surface area (Å²) < 4.78 is 5.27. The molecule has 0 aliphatic heterocycles. The molecule has 0 bridgehead atoms. The molecule has 3 heteroatoms. The van der Waals surface area contributed by atoms with Crippen LogP contribution in [0.25, 0.3) is 0 Å². The van der Waals surface area contributed by atoms with Crippen LogP contribution in [0.1, 0.15) is 30.1 Å². The van der Waals surface area contributed by atoms with Crippen LogP contribution in [0.4, 0.5) is 0 Å².